The Morgan fingerprint density at radius 1 is 1.24 bits per heavy atom. The van der Waals surface area contributed by atoms with Gasteiger partial charge in [-0.2, -0.15) is 13.9 Å². The molecule has 2 atom stereocenters. The molecule has 2 aliphatic rings. The number of nitrogens with zero attached hydrogens (tertiary/aromatic N) is 4. The summed E-state index contributed by atoms with van der Waals surface area (Å²) < 4.78 is 26.9. The number of rotatable bonds is 10. The van der Waals surface area contributed by atoms with E-state index < -0.39 is 24.5 Å². The van der Waals surface area contributed by atoms with E-state index in [1.807, 2.05) is 0 Å². The molecule has 0 spiro atoms. The molecule has 5 rings (SSSR count). The number of carbonyl (C=O) groups is 2. The zero-order valence-corrected chi connectivity index (χ0v) is 21.1. The van der Waals surface area contributed by atoms with E-state index in [0.29, 0.717) is 22.5 Å². The van der Waals surface area contributed by atoms with Gasteiger partial charge in [0.05, 0.1) is 11.7 Å². The average molecular weight is 527 g/mol. The number of fused-ring (bicyclic) bond motifs is 2. The van der Waals surface area contributed by atoms with Crippen LogP contribution in [0.5, 0.6) is 0 Å². The Morgan fingerprint density at radius 3 is 2.92 bits per heavy atom. The fourth-order valence-electron chi connectivity index (χ4n) is 5.36. The number of aliphatic carboxylic acids is 1. The number of carboxylic acids is 1. The number of amides is 1. The van der Waals surface area contributed by atoms with Gasteiger partial charge in [-0.05, 0) is 74.8 Å². The van der Waals surface area contributed by atoms with E-state index in [1.165, 1.54) is 30.0 Å². The van der Waals surface area contributed by atoms with Crippen molar-refractivity contribution in [2.75, 3.05) is 31.5 Å². The fraction of sp³-hybridized carbons (Fsp3) is 0.481. The first-order valence-corrected chi connectivity index (χ1v) is 13.1. The Hall–Kier alpha value is -3.60. The first kappa shape index (κ1) is 26.0. The average Bonchev–Trinajstić information content (AvgIpc) is 3.56. The molecule has 2 aromatic heterocycles. The van der Waals surface area contributed by atoms with Crippen LogP contribution in [0.1, 0.15) is 53.8 Å². The molecule has 3 aromatic rings. The van der Waals surface area contributed by atoms with Gasteiger partial charge < -0.3 is 20.6 Å². The Labute approximate surface area is 219 Å². The number of anilines is 1. The van der Waals surface area contributed by atoms with E-state index in [-0.39, 0.29) is 17.5 Å². The quantitative estimate of drug-likeness (QED) is 0.369. The molecule has 4 heterocycles. The van der Waals surface area contributed by atoms with Gasteiger partial charge in [0.1, 0.15) is 11.9 Å². The predicted octanol–water partition coefficient (Wildman–Crippen LogP) is 3.71. The Balaban J connectivity index is 1.11. The molecule has 0 aliphatic carbocycles. The summed E-state index contributed by atoms with van der Waals surface area (Å²) in [4.78, 5) is 31.6. The maximum Gasteiger partial charge on any atom is 0.333 e. The van der Waals surface area contributed by atoms with E-state index in [0.717, 1.165) is 63.3 Å². The molecule has 1 aromatic carbocycles. The van der Waals surface area contributed by atoms with Crippen LogP contribution in [0.25, 0.3) is 10.9 Å². The fourth-order valence-corrected chi connectivity index (χ4v) is 5.36. The number of hydrogen-bond donors (Lipinski definition) is 3. The molecule has 1 amide bonds. The van der Waals surface area contributed by atoms with Crippen LogP contribution in [0.3, 0.4) is 0 Å². The lowest BCUT2D eigenvalue weighted by Crippen LogP contribution is -2.43. The van der Waals surface area contributed by atoms with Crippen molar-refractivity contribution < 1.29 is 23.5 Å². The van der Waals surface area contributed by atoms with Crippen LogP contribution in [0.4, 0.5) is 14.6 Å². The largest absolute Gasteiger partial charge is 0.480 e. The monoisotopic (exact) mass is 526 g/mol. The van der Waals surface area contributed by atoms with Crippen LogP contribution in [0.2, 0.25) is 0 Å². The molecule has 3 N–H and O–H groups in total. The standard InChI is InChI=1S/C27H32F2N6O3/c28-27(29)35-23-14-19(4-5-20(23)15-31-35)25(36)33-22(26(37)38)10-13-34-12-9-17(16-34)3-7-21-8-6-18-2-1-11-30-24(18)32-21/h4-6,8,14-15,17,22,27H,1-3,7,9-13,16H2,(H,30,32)(H,33,36)(H,37,38)/t17-,22-/m1/s1. The molecule has 2 aliphatic heterocycles. The second-order valence-electron chi connectivity index (χ2n) is 10.1. The van der Waals surface area contributed by atoms with Crippen LogP contribution in [0, 0.1) is 5.92 Å². The highest BCUT2D eigenvalue weighted by molar-refractivity contribution is 5.99. The number of hydrogen-bond acceptors (Lipinski definition) is 6. The molecular formula is C27H32F2N6O3. The third-order valence-corrected chi connectivity index (χ3v) is 7.51. The van der Waals surface area contributed by atoms with Gasteiger partial charge in [0, 0.05) is 36.3 Å². The summed E-state index contributed by atoms with van der Waals surface area (Å²) in [5, 5.41) is 19.7. The number of benzene rings is 1. The van der Waals surface area contributed by atoms with Gasteiger partial charge in [-0.3, -0.25) is 4.79 Å². The van der Waals surface area contributed by atoms with Crippen LogP contribution in [-0.4, -0.2) is 68.9 Å². The molecule has 0 radical (unpaired) electrons. The maximum absolute atomic E-state index is 13.2. The van der Waals surface area contributed by atoms with Crippen LogP contribution in [0.15, 0.2) is 36.5 Å². The summed E-state index contributed by atoms with van der Waals surface area (Å²) in [5.41, 5.74) is 2.61. The van der Waals surface area contributed by atoms with Gasteiger partial charge in [0.15, 0.2) is 0 Å². The van der Waals surface area contributed by atoms with Gasteiger partial charge in [-0.1, -0.05) is 12.1 Å². The molecule has 0 unspecified atom stereocenters. The van der Waals surface area contributed by atoms with Crippen molar-refractivity contribution in [1.82, 2.24) is 25.0 Å². The highest BCUT2D eigenvalue weighted by Crippen LogP contribution is 2.25. The number of pyridine rings is 1. The van der Waals surface area contributed by atoms with Crippen LogP contribution < -0.4 is 10.6 Å². The first-order chi connectivity index (χ1) is 18.4. The van der Waals surface area contributed by atoms with Crippen molar-refractivity contribution in [3.63, 3.8) is 0 Å². The summed E-state index contributed by atoms with van der Waals surface area (Å²) >= 11 is 0. The first-order valence-electron chi connectivity index (χ1n) is 13.1. The van der Waals surface area contributed by atoms with Crippen molar-refractivity contribution in [1.29, 1.82) is 0 Å². The minimum Gasteiger partial charge on any atom is -0.480 e. The van der Waals surface area contributed by atoms with Gasteiger partial charge in [-0.15, -0.1) is 0 Å². The van der Waals surface area contributed by atoms with Crippen LogP contribution >= 0.6 is 0 Å². The number of alkyl halides is 2. The van der Waals surface area contributed by atoms with Crippen molar-refractivity contribution >= 4 is 28.6 Å². The number of aryl methyl sites for hydroxylation is 2. The number of aromatic nitrogens is 3. The Kier molecular flexibility index (Phi) is 7.82. The number of halogens is 2. The second kappa shape index (κ2) is 11.4. The van der Waals surface area contributed by atoms with Gasteiger partial charge >= 0.3 is 12.5 Å². The minimum atomic E-state index is -2.84. The lowest BCUT2D eigenvalue weighted by atomic mass is 10.00. The predicted molar refractivity (Wildman–Crippen MR) is 138 cm³/mol. The Bertz CT molecular complexity index is 1310. The van der Waals surface area contributed by atoms with Gasteiger partial charge in [0.25, 0.3) is 5.91 Å². The van der Waals surface area contributed by atoms with E-state index in [2.05, 4.69) is 32.8 Å². The molecule has 202 valence electrons. The lowest BCUT2D eigenvalue weighted by molar-refractivity contribution is -0.139. The normalized spacial score (nSPS) is 18.3. The highest BCUT2D eigenvalue weighted by atomic mass is 19.3. The van der Waals surface area contributed by atoms with Crippen molar-refractivity contribution in [2.45, 2.75) is 51.1 Å². The number of carbonyl (C=O) groups excluding carboxylic acids is 1. The van der Waals surface area contributed by atoms with E-state index >= 15 is 0 Å². The highest BCUT2D eigenvalue weighted by Gasteiger charge is 2.26. The molecule has 38 heavy (non-hydrogen) atoms. The lowest BCUT2D eigenvalue weighted by Gasteiger charge is -2.20. The molecule has 11 heteroatoms. The van der Waals surface area contributed by atoms with Crippen molar-refractivity contribution in [2.24, 2.45) is 5.92 Å². The summed E-state index contributed by atoms with van der Waals surface area (Å²) in [5.74, 6) is -0.208. The SMILES string of the molecule is O=C(N[C@H](CCN1CC[C@@H](CCc2ccc3c(n2)NCCC3)C1)C(=O)O)c1ccc2cnn(C(F)F)c2c1. The zero-order valence-electron chi connectivity index (χ0n) is 21.1. The van der Waals surface area contributed by atoms with Gasteiger partial charge in [0.2, 0.25) is 0 Å². The maximum atomic E-state index is 13.2. The molecule has 9 nitrogen and oxygen atoms in total. The Morgan fingerprint density at radius 2 is 2.11 bits per heavy atom. The third kappa shape index (κ3) is 5.93. The third-order valence-electron chi connectivity index (χ3n) is 7.51. The topological polar surface area (TPSA) is 112 Å². The molecular weight excluding hydrogens is 494 g/mol. The van der Waals surface area contributed by atoms with Crippen LogP contribution in [-0.2, 0) is 17.6 Å². The van der Waals surface area contributed by atoms with E-state index in [9.17, 15) is 23.5 Å². The number of likely N-dealkylation sites (tertiary alicyclic amines) is 1. The summed E-state index contributed by atoms with van der Waals surface area (Å²) in [7, 11) is 0. The molecule has 0 bridgehead atoms. The minimum absolute atomic E-state index is 0.110. The smallest absolute Gasteiger partial charge is 0.333 e. The van der Waals surface area contributed by atoms with E-state index in [1.54, 1.807) is 0 Å². The van der Waals surface area contributed by atoms with E-state index in [4.69, 9.17) is 4.98 Å². The van der Waals surface area contributed by atoms with Crippen molar-refractivity contribution in [3.8, 4) is 0 Å². The summed E-state index contributed by atoms with van der Waals surface area (Å²) in [6.07, 6.45) is 6.75. The molecule has 0 saturated carbocycles. The number of nitrogens with one attached hydrogen (secondary N) is 2. The summed E-state index contributed by atoms with van der Waals surface area (Å²) in [6, 6.07) is 7.53. The van der Waals surface area contributed by atoms with Gasteiger partial charge in [-0.25, -0.2) is 14.5 Å². The summed E-state index contributed by atoms with van der Waals surface area (Å²) in [6.45, 7) is 0.453. The number of carboxylic acid groups (broad SMARTS) is 1. The molecule has 1 fully saturated rings. The molecule has 1 saturated heterocycles. The zero-order chi connectivity index (χ0) is 26.6. The second-order valence-corrected chi connectivity index (χ2v) is 10.1. The van der Waals surface area contributed by atoms with Crippen molar-refractivity contribution in [3.05, 3.63) is 53.3 Å².